The van der Waals surface area contributed by atoms with Crippen molar-refractivity contribution in [1.82, 2.24) is 0 Å². The van der Waals surface area contributed by atoms with Crippen molar-refractivity contribution in [1.29, 1.82) is 0 Å². The van der Waals surface area contributed by atoms with Crippen molar-refractivity contribution in [2.24, 2.45) is 0 Å². The average molecular weight is 828 g/mol. The first-order valence-corrected chi connectivity index (χ1v) is 28.2. The zero-order valence-electron chi connectivity index (χ0n) is 41.6. The second-order valence-electron chi connectivity index (χ2n) is 19.6. The molecular weight excluding hydrogens is 713 g/mol. The lowest BCUT2D eigenvalue weighted by Gasteiger charge is -2.11. The number of unbranched alkanes of at least 4 members (excludes halogenated alkanes) is 48. The van der Waals surface area contributed by atoms with Crippen molar-refractivity contribution in [3.63, 3.8) is 0 Å². The fourth-order valence-corrected chi connectivity index (χ4v) is 9.23. The Morgan fingerprint density at radius 3 is 0.458 bits per heavy atom. The summed E-state index contributed by atoms with van der Waals surface area (Å²) in [5.74, 6) is 1.87. The zero-order valence-corrected chi connectivity index (χ0v) is 41.6. The Bertz CT molecular complexity index is 718. The first kappa shape index (κ1) is 58.3. The van der Waals surface area contributed by atoms with Crippen LogP contribution in [-0.4, -0.2) is 0 Å². The molecule has 0 aliphatic carbocycles. The van der Waals surface area contributed by atoms with Gasteiger partial charge in [-0.1, -0.05) is 335 Å². The minimum Gasteiger partial charge on any atom is -0.467 e. The number of ether oxygens (including phenoxy) is 1. The van der Waals surface area contributed by atoms with E-state index in [1.807, 2.05) is 0 Å². The lowest BCUT2D eigenvalue weighted by Crippen LogP contribution is -1.93. The first-order chi connectivity index (χ1) is 29.2. The molecule has 0 saturated carbocycles. The molecule has 0 bridgehead atoms. The van der Waals surface area contributed by atoms with E-state index in [0.717, 1.165) is 24.4 Å². The monoisotopic (exact) mass is 827 g/mol. The van der Waals surface area contributed by atoms with Crippen molar-refractivity contribution in [3.05, 3.63) is 24.7 Å². The van der Waals surface area contributed by atoms with Gasteiger partial charge >= 0.3 is 0 Å². The molecule has 1 nitrogen and oxygen atoms in total. The fraction of sp³-hybridized carbons (Fsp3) is 0.931. The van der Waals surface area contributed by atoms with E-state index in [-0.39, 0.29) is 0 Å². The van der Waals surface area contributed by atoms with Crippen LogP contribution in [0.4, 0.5) is 0 Å². The Labute approximate surface area is 375 Å². The summed E-state index contributed by atoms with van der Waals surface area (Å²) in [4.78, 5) is 0. The summed E-state index contributed by atoms with van der Waals surface area (Å²) in [5.41, 5.74) is 0. The Morgan fingerprint density at radius 2 is 0.322 bits per heavy atom. The van der Waals surface area contributed by atoms with Crippen LogP contribution in [0.15, 0.2) is 24.7 Å². The molecule has 0 spiro atoms. The second kappa shape index (κ2) is 53.4. The maximum absolute atomic E-state index is 5.97. The highest BCUT2D eigenvalue weighted by Crippen LogP contribution is 2.20. The van der Waals surface area contributed by atoms with Crippen LogP contribution in [-0.2, 0) is 4.74 Å². The molecule has 0 rings (SSSR count). The van der Waals surface area contributed by atoms with E-state index in [1.54, 1.807) is 0 Å². The predicted octanol–water partition coefficient (Wildman–Crippen LogP) is 22.4. The summed E-state index contributed by atoms with van der Waals surface area (Å²) >= 11 is 0. The Hall–Kier alpha value is -0.720. The third kappa shape index (κ3) is 53.3. The van der Waals surface area contributed by atoms with Gasteiger partial charge in [0.1, 0.15) is 0 Å². The average Bonchev–Trinajstić information content (AvgIpc) is 3.23. The van der Waals surface area contributed by atoms with Gasteiger partial charge in [0.25, 0.3) is 0 Å². The highest BCUT2D eigenvalue weighted by molar-refractivity contribution is 4.93. The smallest absolute Gasteiger partial charge is 0.0964 e. The normalized spacial score (nSPS) is 11.5. The number of allylic oxidation sites excluding steroid dienone is 2. The van der Waals surface area contributed by atoms with E-state index in [0.29, 0.717) is 0 Å². The van der Waals surface area contributed by atoms with Crippen LogP contribution in [0.1, 0.15) is 348 Å². The molecule has 0 amide bonds. The Morgan fingerprint density at radius 1 is 0.203 bits per heavy atom. The van der Waals surface area contributed by atoms with E-state index >= 15 is 0 Å². The molecule has 0 N–H and O–H groups in total. The van der Waals surface area contributed by atoms with Crippen LogP contribution in [0.2, 0.25) is 0 Å². The van der Waals surface area contributed by atoms with Crippen LogP contribution in [0.5, 0.6) is 0 Å². The largest absolute Gasteiger partial charge is 0.467 e. The molecule has 0 atom stereocenters. The molecule has 352 valence electrons. The highest BCUT2D eigenvalue weighted by atomic mass is 16.5. The van der Waals surface area contributed by atoms with Gasteiger partial charge in [-0.15, -0.1) is 0 Å². The minimum atomic E-state index is 0.934. The summed E-state index contributed by atoms with van der Waals surface area (Å²) < 4.78 is 5.97. The van der Waals surface area contributed by atoms with Crippen molar-refractivity contribution >= 4 is 0 Å². The Balaban J connectivity index is 3.23. The third-order valence-corrected chi connectivity index (χ3v) is 13.4. The van der Waals surface area contributed by atoms with Gasteiger partial charge in [-0.25, -0.2) is 0 Å². The maximum Gasteiger partial charge on any atom is 0.0964 e. The lowest BCUT2D eigenvalue weighted by atomic mass is 10.0. The Kier molecular flexibility index (Phi) is 52.8. The summed E-state index contributed by atoms with van der Waals surface area (Å²) in [6.07, 6.45) is 74.0. The van der Waals surface area contributed by atoms with E-state index < -0.39 is 0 Å². The summed E-state index contributed by atoms with van der Waals surface area (Å²) in [6.45, 7) is 13.0. The van der Waals surface area contributed by atoms with Gasteiger partial charge in [-0.3, -0.25) is 0 Å². The maximum atomic E-state index is 5.97. The molecule has 0 fully saturated rings. The van der Waals surface area contributed by atoms with Crippen LogP contribution >= 0.6 is 0 Å². The molecule has 0 aliphatic heterocycles. The molecule has 0 aliphatic rings. The quantitative estimate of drug-likeness (QED) is 0.0438. The molecule has 59 heavy (non-hydrogen) atoms. The predicted molar refractivity (Wildman–Crippen MR) is 271 cm³/mol. The summed E-state index contributed by atoms with van der Waals surface area (Å²) in [6, 6.07) is 0. The van der Waals surface area contributed by atoms with Gasteiger partial charge in [0.15, 0.2) is 0 Å². The zero-order chi connectivity index (χ0) is 42.6. The van der Waals surface area contributed by atoms with Crippen LogP contribution in [0.3, 0.4) is 0 Å². The number of hydrogen-bond acceptors (Lipinski definition) is 1. The van der Waals surface area contributed by atoms with Gasteiger partial charge in [-0.05, 0) is 12.8 Å². The van der Waals surface area contributed by atoms with Gasteiger partial charge in [0.2, 0.25) is 0 Å². The summed E-state index contributed by atoms with van der Waals surface area (Å²) in [5, 5.41) is 0. The minimum absolute atomic E-state index is 0.934. The van der Waals surface area contributed by atoms with Crippen LogP contribution < -0.4 is 0 Å². The molecule has 0 radical (unpaired) electrons. The molecule has 0 aromatic rings. The van der Waals surface area contributed by atoms with Gasteiger partial charge in [0.05, 0.1) is 11.5 Å². The standard InChI is InChI=1S/C58H114O/c1-5-7-9-11-13-15-17-19-21-23-25-27-29-31-33-35-37-39-41-43-45-47-49-51-53-55-57(3)59-58(4)56-54-52-50-48-46-44-42-40-38-36-34-32-30-28-26-24-22-20-18-16-14-12-10-8-6-2/h3-56H2,1-2H3. The van der Waals surface area contributed by atoms with Crippen molar-refractivity contribution in [2.45, 2.75) is 348 Å². The second-order valence-corrected chi connectivity index (χ2v) is 19.6. The molecule has 0 aromatic heterocycles. The highest BCUT2D eigenvalue weighted by Gasteiger charge is 2.02. The molecule has 0 unspecified atom stereocenters. The van der Waals surface area contributed by atoms with E-state index in [2.05, 4.69) is 27.0 Å². The van der Waals surface area contributed by atoms with Gasteiger partial charge in [-0.2, -0.15) is 0 Å². The van der Waals surface area contributed by atoms with Crippen LogP contribution in [0.25, 0.3) is 0 Å². The van der Waals surface area contributed by atoms with Crippen molar-refractivity contribution < 1.29 is 4.74 Å². The number of hydrogen-bond donors (Lipinski definition) is 0. The molecule has 1 heteroatoms. The number of rotatable bonds is 54. The van der Waals surface area contributed by atoms with Crippen LogP contribution in [0, 0.1) is 0 Å². The van der Waals surface area contributed by atoms with E-state index in [1.165, 1.54) is 321 Å². The SMILES string of the molecule is C=C(CCCCCCCCCCCCCCCCCCCCCCCCCCC)OC(=C)CCCCCCCCCCCCCCCCCCCCCCCCCCC. The molecular formula is C58H114O. The van der Waals surface area contributed by atoms with Gasteiger partial charge < -0.3 is 4.74 Å². The molecule has 0 heterocycles. The fourth-order valence-electron chi connectivity index (χ4n) is 9.23. The summed E-state index contributed by atoms with van der Waals surface area (Å²) in [7, 11) is 0. The molecule has 0 saturated heterocycles. The van der Waals surface area contributed by atoms with Crippen molar-refractivity contribution in [3.8, 4) is 0 Å². The van der Waals surface area contributed by atoms with E-state index in [9.17, 15) is 0 Å². The lowest BCUT2D eigenvalue weighted by molar-refractivity contribution is 0.274. The topological polar surface area (TPSA) is 9.23 Å². The van der Waals surface area contributed by atoms with Crippen molar-refractivity contribution in [2.75, 3.05) is 0 Å². The third-order valence-electron chi connectivity index (χ3n) is 13.4. The first-order valence-electron chi connectivity index (χ1n) is 28.2. The molecule has 0 aromatic carbocycles. The van der Waals surface area contributed by atoms with E-state index in [4.69, 9.17) is 4.74 Å². The van der Waals surface area contributed by atoms with Gasteiger partial charge in [0, 0.05) is 12.8 Å².